The fraction of sp³-hybridized carbons (Fsp3) is 0.509. The van der Waals surface area contributed by atoms with Gasteiger partial charge in [0.1, 0.15) is 17.9 Å². The van der Waals surface area contributed by atoms with Crippen LogP contribution in [0, 0.1) is 18.3 Å². The minimum Gasteiger partial charge on any atom is -0.391 e. The summed E-state index contributed by atoms with van der Waals surface area (Å²) in [5.74, 6) is 0.375. The molecule has 2 aromatic heterocycles. The molecular formula is C55H73N9O6S. The van der Waals surface area contributed by atoms with E-state index < -0.39 is 23.6 Å². The molecule has 6 N–H and O–H groups in total. The molecule has 2 saturated heterocycles. The second-order valence-corrected chi connectivity index (χ2v) is 21.5. The van der Waals surface area contributed by atoms with Crippen LogP contribution in [0.1, 0.15) is 143 Å². The summed E-state index contributed by atoms with van der Waals surface area (Å²) in [4.78, 5) is 84.0. The molecule has 0 bridgehead atoms. The van der Waals surface area contributed by atoms with E-state index in [2.05, 4.69) is 43.1 Å². The minimum absolute atomic E-state index is 0.0284. The minimum atomic E-state index is -0.856. The van der Waals surface area contributed by atoms with Gasteiger partial charge >= 0.3 is 0 Å². The third-order valence-corrected chi connectivity index (χ3v) is 14.8. The number of aromatic amines is 1. The second-order valence-electron chi connectivity index (χ2n) is 20.7. The maximum Gasteiger partial charge on any atom is 0.255 e. The molecular weight excluding hydrogens is 915 g/mol. The lowest BCUT2D eigenvalue weighted by Gasteiger charge is -2.35. The van der Waals surface area contributed by atoms with Crippen molar-refractivity contribution in [2.24, 2.45) is 11.3 Å². The average molecular weight is 988 g/mol. The van der Waals surface area contributed by atoms with E-state index in [4.69, 9.17) is 4.98 Å². The summed E-state index contributed by atoms with van der Waals surface area (Å²) < 4.78 is 0. The molecule has 2 fully saturated rings. The molecule has 3 aromatic carbocycles. The Kier molecular flexibility index (Phi) is 18.5. The molecule has 71 heavy (non-hydrogen) atoms. The predicted octanol–water partition coefficient (Wildman–Crippen LogP) is 8.53. The number of hydrogen-bond acceptors (Lipinski definition) is 10. The lowest BCUT2D eigenvalue weighted by atomic mass is 9.85. The van der Waals surface area contributed by atoms with Crippen LogP contribution in [-0.2, 0) is 27.5 Å². The highest BCUT2D eigenvalue weighted by Crippen LogP contribution is 2.29. The Labute approximate surface area is 422 Å². The fourth-order valence-electron chi connectivity index (χ4n) is 9.41. The van der Waals surface area contributed by atoms with E-state index in [1.54, 1.807) is 35.6 Å². The Morgan fingerprint density at radius 1 is 0.845 bits per heavy atom. The maximum absolute atomic E-state index is 14.0. The zero-order valence-electron chi connectivity index (χ0n) is 42.2. The topological polar surface area (TPSA) is 202 Å². The molecule has 3 atom stereocenters. The zero-order valence-corrected chi connectivity index (χ0v) is 43.0. The molecule has 0 aliphatic carbocycles. The van der Waals surface area contributed by atoms with Crippen LogP contribution in [0.15, 0.2) is 72.2 Å². The molecule has 0 spiro atoms. The lowest BCUT2D eigenvalue weighted by Crippen LogP contribution is -2.57. The summed E-state index contributed by atoms with van der Waals surface area (Å²) in [6.45, 7) is 13.8. The molecule has 0 radical (unpaired) electrons. The molecule has 7 rings (SSSR count). The van der Waals surface area contributed by atoms with E-state index >= 15 is 0 Å². The van der Waals surface area contributed by atoms with Crippen LogP contribution < -0.4 is 21.3 Å². The number of rotatable bonds is 22. The Morgan fingerprint density at radius 3 is 2.17 bits per heavy atom. The Balaban J connectivity index is 0.738. The summed E-state index contributed by atoms with van der Waals surface area (Å²) in [6, 6.07) is 18.6. The number of piperidine rings is 1. The van der Waals surface area contributed by atoms with E-state index in [-0.39, 0.29) is 49.0 Å². The first-order chi connectivity index (χ1) is 34.1. The van der Waals surface area contributed by atoms with Crippen molar-refractivity contribution in [3.8, 4) is 10.4 Å². The van der Waals surface area contributed by atoms with Gasteiger partial charge in [-0.1, -0.05) is 90.5 Å². The van der Waals surface area contributed by atoms with Crippen molar-refractivity contribution in [2.75, 3.05) is 31.5 Å². The average Bonchev–Trinajstić information content (AvgIpc) is 4.09. The van der Waals surface area contributed by atoms with E-state index in [1.807, 2.05) is 75.7 Å². The Bertz CT molecular complexity index is 2580. The number of aromatic nitrogens is 3. The number of anilines is 1. The monoisotopic (exact) mass is 988 g/mol. The number of carbonyl (C=O) groups excluding carboxylic acids is 5. The zero-order chi connectivity index (χ0) is 50.5. The maximum atomic E-state index is 14.0. The van der Waals surface area contributed by atoms with Gasteiger partial charge in [0.25, 0.3) is 11.8 Å². The smallest absolute Gasteiger partial charge is 0.255 e. The summed E-state index contributed by atoms with van der Waals surface area (Å²) in [5, 5.41) is 22.5. The summed E-state index contributed by atoms with van der Waals surface area (Å²) in [7, 11) is 0. The van der Waals surface area contributed by atoms with Crippen LogP contribution in [0.4, 0.5) is 5.69 Å². The van der Waals surface area contributed by atoms with Gasteiger partial charge in [-0.05, 0) is 111 Å². The van der Waals surface area contributed by atoms with Crippen LogP contribution in [0.5, 0.6) is 0 Å². The van der Waals surface area contributed by atoms with Crippen LogP contribution in [0.3, 0.4) is 0 Å². The van der Waals surface area contributed by atoms with Crippen LogP contribution in [0.25, 0.3) is 21.5 Å². The number of benzene rings is 3. The van der Waals surface area contributed by atoms with Crippen LogP contribution in [-0.4, -0.2) is 104 Å². The highest BCUT2D eigenvalue weighted by atomic mass is 32.1. The number of nitrogens with zero attached hydrogens (tertiary/aromatic N) is 4. The number of aliphatic hydroxyl groups is 1. The van der Waals surface area contributed by atoms with Crippen molar-refractivity contribution >= 4 is 57.6 Å². The van der Waals surface area contributed by atoms with E-state index in [9.17, 15) is 29.1 Å². The Morgan fingerprint density at radius 2 is 1.51 bits per heavy atom. The number of thiazole rings is 1. The molecule has 4 heterocycles. The van der Waals surface area contributed by atoms with Crippen molar-refractivity contribution in [3.63, 3.8) is 0 Å². The van der Waals surface area contributed by atoms with Crippen molar-refractivity contribution < 1.29 is 29.1 Å². The third kappa shape index (κ3) is 15.0. The number of amides is 5. The Hall–Kier alpha value is -5.97. The molecule has 2 aliphatic heterocycles. The summed E-state index contributed by atoms with van der Waals surface area (Å²) >= 11 is 1.58. The van der Waals surface area contributed by atoms with Crippen LogP contribution in [0.2, 0.25) is 0 Å². The van der Waals surface area contributed by atoms with Gasteiger partial charge in [0, 0.05) is 49.3 Å². The van der Waals surface area contributed by atoms with Gasteiger partial charge in [-0.25, -0.2) is 9.97 Å². The number of aliphatic hydroxyl groups excluding tert-OH is 1. The number of imidazole rings is 1. The first-order valence-corrected chi connectivity index (χ1v) is 26.4. The quantitative estimate of drug-likeness (QED) is 0.0368. The molecule has 380 valence electrons. The van der Waals surface area contributed by atoms with Gasteiger partial charge in [0.15, 0.2) is 0 Å². The number of unbranched alkanes of at least 4 members (excludes halogenated alkanes) is 7. The molecule has 5 amide bonds. The van der Waals surface area contributed by atoms with Crippen LogP contribution >= 0.6 is 11.3 Å². The molecule has 0 unspecified atom stereocenters. The van der Waals surface area contributed by atoms with Gasteiger partial charge in [0.05, 0.1) is 39.8 Å². The molecule has 5 aromatic rings. The first kappa shape index (κ1) is 52.8. The molecule has 16 heteroatoms. The number of hydrogen-bond donors (Lipinski definition) is 6. The van der Waals surface area contributed by atoms with E-state index in [0.717, 1.165) is 109 Å². The standard InChI is InChI=1S/C55H73N9O6S/c1-36-25-28-63(29-26-36)34-47-60-44-24-23-42(30-45(44)61-47)59-52(68)41-21-19-40(20-22-41)51(67)56-27-13-11-9-7-6-8-10-12-14-48(66)62-50(55(3,4)5)54(70)64-33-43(65)31-46(64)53(69)57-32-38-15-17-39(18-16-38)49-37(2)58-35-71-49/h15-24,30,35-36,43,46,50,65H,6-14,25-29,31-34H2,1-5H3,(H,56,67)(H,57,69)(H,59,68)(H,60,61)(H,62,66)/t43-,46+,50-/m1/s1. The number of fused-ring (bicyclic) bond motifs is 1. The van der Waals surface area contributed by atoms with Crippen molar-refractivity contribution in [1.29, 1.82) is 0 Å². The first-order valence-electron chi connectivity index (χ1n) is 25.6. The highest BCUT2D eigenvalue weighted by Gasteiger charge is 2.44. The van der Waals surface area contributed by atoms with Gasteiger partial charge < -0.3 is 36.3 Å². The highest BCUT2D eigenvalue weighted by molar-refractivity contribution is 7.13. The van der Waals surface area contributed by atoms with Gasteiger partial charge in [-0.15, -0.1) is 11.3 Å². The number of H-pyrrole nitrogens is 1. The third-order valence-electron chi connectivity index (χ3n) is 13.8. The number of nitrogens with one attached hydrogen (secondary N) is 5. The van der Waals surface area contributed by atoms with E-state index in [1.165, 1.54) is 17.7 Å². The van der Waals surface area contributed by atoms with Gasteiger partial charge in [-0.2, -0.15) is 0 Å². The number of carbonyl (C=O) groups is 5. The SMILES string of the molecule is Cc1ncsc1-c1ccc(CNC(=O)[C@@H]2C[C@@H](O)CN2C(=O)[C@@H](NC(=O)CCCCCCCCCCNC(=O)c2ccc(C(=O)Nc3ccc4[nH]c(CN5CCC(C)CC5)nc4c3)cc2)C(C)(C)C)cc1. The van der Waals surface area contributed by atoms with Crippen molar-refractivity contribution in [1.82, 2.24) is 40.7 Å². The van der Waals surface area contributed by atoms with Crippen molar-refractivity contribution in [2.45, 2.75) is 143 Å². The predicted molar refractivity (Wildman–Crippen MR) is 280 cm³/mol. The molecule has 15 nitrogen and oxygen atoms in total. The largest absolute Gasteiger partial charge is 0.391 e. The van der Waals surface area contributed by atoms with Crippen molar-refractivity contribution in [3.05, 3.63) is 100 Å². The summed E-state index contributed by atoms with van der Waals surface area (Å²) in [6.07, 6.45) is 9.63. The van der Waals surface area contributed by atoms with Gasteiger partial charge in [0.2, 0.25) is 17.7 Å². The van der Waals surface area contributed by atoms with Gasteiger partial charge in [-0.3, -0.25) is 28.9 Å². The number of likely N-dealkylation sites (tertiary alicyclic amines) is 2. The normalized spacial score (nSPS) is 17.0. The summed E-state index contributed by atoms with van der Waals surface area (Å²) in [5.41, 5.74) is 7.52. The van der Waals surface area contributed by atoms with E-state index in [0.29, 0.717) is 36.2 Å². The number of aryl methyl sites for hydroxylation is 1. The number of β-amino-alcohol motifs (C(OH)–C–C–N with tert-alkyl or cyclic N) is 1. The fourth-order valence-corrected chi connectivity index (χ4v) is 10.2. The molecule has 2 aliphatic rings. The lowest BCUT2D eigenvalue weighted by molar-refractivity contribution is -0.144. The second kappa shape index (κ2) is 24.9. The molecule has 0 saturated carbocycles.